The van der Waals surface area contributed by atoms with Crippen LogP contribution >= 0.6 is 23.2 Å². The number of rotatable bonds is 7. The fraction of sp³-hybridized carbons (Fsp3) is 0.226. The van der Waals surface area contributed by atoms with Gasteiger partial charge in [-0.3, -0.25) is 9.20 Å². The normalized spacial score (nSPS) is 13.4. The van der Waals surface area contributed by atoms with Crippen molar-refractivity contribution in [2.24, 2.45) is 0 Å². The van der Waals surface area contributed by atoms with Crippen LogP contribution in [0.2, 0.25) is 10.0 Å². The van der Waals surface area contributed by atoms with Gasteiger partial charge in [-0.05, 0) is 24.3 Å². The maximum Gasteiger partial charge on any atom is 0.246 e. The first kappa shape index (κ1) is 28.6. The molecule has 3 aromatic heterocycles. The zero-order chi connectivity index (χ0) is 30.2. The van der Waals surface area contributed by atoms with Gasteiger partial charge in [-0.15, -0.1) is 0 Å². The Morgan fingerprint density at radius 3 is 2.37 bits per heavy atom. The zero-order valence-electron chi connectivity index (χ0n) is 23.9. The van der Waals surface area contributed by atoms with Crippen LogP contribution in [0.3, 0.4) is 0 Å². The second kappa shape index (κ2) is 11.6. The van der Waals surface area contributed by atoms with E-state index in [0.29, 0.717) is 63.0 Å². The molecule has 1 aliphatic heterocycles. The number of benzene rings is 2. The van der Waals surface area contributed by atoms with Crippen LogP contribution in [-0.4, -0.2) is 77.6 Å². The molecular weight excluding hydrogens is 589 g/mol. The van der Waals surface area contributed by atoms with E-state index in [1.54, 1.807) is 33.5 Å². The quantitative estimate of drug-likeness (QED) is 0.228. The number of aromatic nitrogens is 4. The number of carbonyl (C=O) groups excluding carboxylic acids is 1. The molecule has 0 saturated carbocycles. The molecule has 0 bridgehead atoms. The average Bonchev–Trinajstić information content (AvgIpc) is 3.51. The Labute approximate surface area is 258 Å². The van der Waals surface area contributed by atoms with Crippen molar-refractivity contribution in [3.05, 3.63) is 71.5 Å². The molecular formula is C31H29Cl2N7O3. The summed E-state index contributed by atoms with van der Waals surface area (Å²) in [5, 5.41) is 4.44. The highest BCUT2D eigenvalue weighted by Crippen LogP contribution is 2.47. The topological polar surface area (TPSA) is 97.1 Å². The second-order valence-corrected chi connectivity index (χ2v) is 10.7. The van der Waals surface area contributed by atoms with E-state index in [0.717, 1.165) is 35.4 Å². The number of halogens is 2. The van der Waals surface area contributed by atoms with Crippen LogP contribution < -0.4 is 19.7 Å². The van der Waals surface area contributed by atoms with Crippen molar-refractivity contribution in [3.8, 4) is 33.9 Å². The molecule has 12 heteroatoms. The van der Waals surface area contributed by atoms with Crippen LogP contribution in [0.1, 0.15) is 0 Å². The Morgan fingerprint density at radius 2 is 1.72 bits per heavy atom. The average molecular weight is 619 g/mol. The summed E-state index contributed by atoms with van der Waals surface area (Å²) in [7, 11) is 4.85. The first-order valence-electron chi connectivity index (χ1n) is 13.6. The summed E-state index contributed by atoms with van der Waals surface area (Å²) in [6, 6.07) is 11.8. The van der Waals surface area contributed by atoms with Crippen LogP contribution in [0.15, 0.2) is 61.4 Å². The van der Waals surface area contributed by atoms with E-state index in [2.05, 4.69) is 33.9 Å². The molecule has 10 nitrogen and oxygen atoms in total. The number of fused-ring (bicyclic) bond motifs is 3. The number of amides is 1. The van der Waals surface area contributed by atoms with Gasteiger partial charge in [0.2, 0.25) is 11.9 Å². The van der Waals surface area contributed by atoms with Crippen molar-refractivity contribution < 1.29 is 14.3 Å². The summed E-state index contributed by atoms with van der Waals surface area (Å²) in [5.74, 6) is 1.28. The number of anilines is 2. The van der Waals surface area contributed by atoms with Gasteiger partial charge < -0.3 is 24.6 Å². The molecule has 43 heavy (non-hydrogen) atoms. The van der Waals surface area contributed by atoms with E-state index in [4.69, 9.17) is 42.6 Å². The van der Waals surface area contributed by atoms with E-state index >= 15 is 0 Å². The number of piperazine rings is 1. The molecule has 1 aliphatic rings. The maximum absolute atomic E-state index is 12.0. The third-order valence-corrected chi connectivity index (χ3v) is 8.36. The van der Waals surface area contributed by atoms with E-state index < -0.39 is 0 Å². The van der Waals surface area contributed by atoms with Crippen LogP contribution in [-0.2, 0) is 4.79 Å². The van der Waals surface area contributed by atoms with Gasteiger partial charge in [0.05, 0.1) is 30.0 Å². The van der Waals surface area contributed by atoms with Crippen LogP contribution in [0.4, 0.5) is 11.6 Å². The highest BCUT2D eigenvalue weighted by Gasteiger charge is 2.24. The number of nitrogens with one attached hydrogen (secondary N) is 1. The SMILES string of the molecule is C=CC(=O)N1CCN(c2cccc(-c3cn4c(n3)c(-c3c(Cl)c(OC)cc(OC)c3Cl)cc3cnc(NC)nc34)c2)CC1. The Kier molecular flexibility index (Phi) is 7.72. The molecule has 220 valence electrons. The Hall–Kier alpha value is -4.54. The van der Waals surface area contributed by atoms with E-state index in [-0.39, 0.29) is 5.91 Å². The number of ether oxygens (including phenoxy) is 2. The minimum absolute atomic E-state index is 0.0414. The minimum Gasteiger partial charge on any atom is -0.495 e. The number of hydrogen-bond donors (Lipinski definition) is 1. The molecule has 0 aliphatic carbocycles. The van der Waals surface area contributed by atoms with Crippen molar-refractivity contribution in [3.63, 3.8) is 0 Å². The predicted molar refractivity (Wildman–Crippen MR) is 171 cm³/mol. The van der Waals surface area contributed by atoms with Crippen molar-refractivity contribution >= 4 is 57.4 Å². The number of methoxy groups -OCH3 is 2. The highest BCUT2D eigenvalue weighted by atomic mass is 35.5. The van der Waals surface area contributed by atoms with Crippen molar-refractivity contribution in [1.29, 1.82) is 0 Å². The lowest BCUT2D eigenvalue weighted by Gasteiger charge is -2.35. The summed E-state index contributed by atoms with van der Waals surface area (Å²) >= 11 is 13.7. The lowest BCUT2D eigenvalue weighted by Crippen LogP contribution is -2.48. The fourth-order valence-electron chi connectivity index (χ4n) is 5.37. The minimum atomic E-state index is -0.0414. The third kappa shape index (κ3) is 5.06. The number of imidazole rings is 1. The van der Waals surface area contributed by atoms with E-state index in [1.807, 2.05) is 33.7 Å². The third-order valence-electron chi connectivity index (χ3n) is 7.61. The Balaban J connectivity index is 1.51. The molecule has 2 aromatic carbocycles. The molecule has 1 saturated heterocycles. The largest absolute Gasteiger partial charge is 0.495 e. The standard InChI is InChI=1S/C31H29Cl2N7O3/c1-5-25(41)39-11-9-38(10-12-39)20-8-6-7-18(13-20)22-17-40-29-19(16-35-31(34-2)37-29)14-21(30(40)36-22)26-27(32)23(42-3)15-24(43-4)28(26)33/h5-8,13-17H,1,9-12H2,2-4H3,(H,34,35,37). The number of nitrogens with zero attached hydrogens (tertiary/aromatic N) is 6. The smallest absolute Gasteiger partial charge is 0.246 e. The summed E-state index contributed by atoms with van der Waals surface area (Å²) in [6.45, 7) is 6.33. The summed E-state index contributed by atoms with van der Waals surface area (Å²) < 4.78 is 13.0. The molecule has 5 aromatic rings. The molecule has 1 fully saturated rings. The molecule has 1 amide bonds. The molecule has 0 spiro atoms. The van der Waals surface area contributed by atoms with Gasteiger partial charge in [-0.1, -0.05) is 41.9 Å². The van der Waals surface area contributed by atoms with Gasteiger partial charge in [0, 0.05) is 79.5 Å². The zero-order valence-corrected chi connectivity index (χ0v) is 25.4. The summed E-state index contributed by atoms with van der Waals surface area (Å²) in [5.41, 5.74) is 5.18. The Morgan fingerprint density at radius 1 is 1.00 bits per heavy atom. The molecule has 6 rings (SSSR count). The maximum atomic E-state index is 12.0. The molecule has 0 atom stereocenters. The van der Waals surface area contributed by atoms with Crippen molar-refractivity contribution in [2.75, 3.05) is 57.7 Å². The molecule has 4 heterocycles. The second-order valence-electron chi connectivity index (χ2n) is 9.95. The lowest BCUT2D eigenvalue weighted by atomic mass is 10.0. The Bertz CT molecular complexity index is 1860. The van der Waals surface area contributed by atoms with Crippen LogP contribution in [0.25, 0.3) is 39.1 Å². The fourth-order valence-corrected chi connectivity index (χ4v) is 6.07. The van der Waals surface area contributed by atoms with Crippen LogP contribution in [0, 0.1) is 0 Å². The van der Waals surface area contributed by atoms with Gasteiger partial charge in [0.15, 0.2) is 5.65 Å². The van der Waals surface area contributed by atoms with E-state index in [1.165, 1.54) is 6.08 Å². The first-order valence-corrected chi connectivity index (χ1v) is 14.4. The van der Waals surface area contributed by atoms with Crippen LogP contribution in [0.5, 0.6) is 11.5 Å². The van der Waals surface area contributed by atoms with Gasteiger partial charge in [0.25, 0.3) is 0 Å². The van der Waals surface area contributed by atoms with Gasteiger partial charge in [0.1, 0.15) is 17.1 Å². The first-order chi connectivity index (χ1) is 20.9. The van der Waals surface area contributed by atoms with E-state index in [9.17, 15) is 4.79 Å². The van der Waals surface area contributed by atoms with Gasteiger partial charge >= 0.3 is 0 Å². The predicted octanol–water partition coefficient (Wildman–Crippen LogP) is 5.81. The highest BCUT2D eigenvalue weighted by molar-refractivity contribution is 6.41. The van der Waals surface area contributed by atoms with Crippen molar-refractivity contribution in [2.45, 2.75) is 0 Å². The molecule has 1 N–H and O–H groups in total. The number of pyridine rings is 1. The lowest BCUT2D eigenvalue weighted by molar-refractivity contribution is -0.126. The summed E-state index contributed by atoms with van der Waals surface area (Å²) in [4.78, 5) is 30.4. The number of carbonyl (C=O) groups is 1. The van der Waals surface area contributed by atoms with Crippen molar-refractivity contribution in [1.82, 2.24) is 24.3 Å². The molecule has 0 unspecified atom stereocenters. The summed E-state index contributed by atoms with van der Waals surface area (Å²) in [6.07, 6.45) is 5.06. The molecule has 0 radical (unpaired) electrons. The number of hydrogen-bond acceptors (Lipinski definition) is 8. The monoisotopic (exact) mass is 617 g/mol. The van der Waals surface area contributed by atoms with Gasteiger partial charge in [-0.25, -0.2) is 9.97 Å². The van der Waals surface area contributed by atoms with Gasteiger partial charge in [-0.2, -0.15) is 4.98 Å².